The number of hydrogen-bond acceptors (Lipinski definition) is 6. The second-order valence-electron chi connectivity index (χ2n) is 5.79. The van der Waals surface area contributed by atoms with Gasteiger partial charge >= 0.3 is 0 Å². The van der Waals surface area contributed by atoms with Crippen LogP contribution in [-0.2, 0) is 11.3 Å². The predicted octanol–water partition coefficient (Wildman–Crippen LogP) is 2.44. The lowest BCUT2D eigenvalue weighted by Crippen LogP contribution is -2.17. The number of Topliss-reactive ketones (excluding diaryl/α,β-unsaturated/α-hetero) is 1. The van der Waals surface area contributed by atoms with Gasteiger partial charge in [-0.2, -0.15) is 0 Å². The van der Waals surface area contributed by atoms with E-state index in [0.717, 1.165) is 30.6 Å². The number of carbonyl (C=O) groups is 1. The van der Waals surface area contributed by atoms with Gasteiger partial charge in [-0.25, -0.2) is 4.68 Å². The van der Waals surface area contributed by atoms with E-state index < -0.39 is 0 Å². The van der Waals surface area contributed by atoms with E-state index in [4.69, 9.17) is 4.74 Å². The molecule has 0 aliphatic carbocycles. The maximum atomic E-state index is 12.3. The molecule has 0 amide bonds. The first-order chi connectivity index (χ1) is 11.1. The van der Waals surface area contributed by atoms with Crippen LogP contribution in [0.5, 0.6) is 0 Å². The number of ether oxygens (including phenoxy) is 1. The zero-order valence-corrected chi connectivity index (χ0v) is 14.2. The summed E-state index contributed by atoms with van der Waals surface area (Å²) in [6.07, 6.45) is 2.29. The first-order valence-corrected chi connectivity index (χ1v) is 8.73. The number of hydrogen-bond donors (Lipinski definition) is 0. The van der Waals surface area contributed by atoms with E-state index in [0.29, 0.717) is 17.5 Å². The fraction of sp³-hybridized carbons (Fsp3) is 0.500. The molecule has 0 N–H and O–H groups in total. The molecule has 0 bridgehead atoms. The Morgan fingerprint density at radius 2 is 2.26 bits per heavy atom. The Morgan fingerprint density at radius 3 is 3.00 bits per heavy atom. The van der Waals surface area contributed by atoms with E-state index in [1.807, 2.05) is 32.0 Å². The number of aromatic nitrogens is 4. The van der Waals surface area contributed by atoms with Crippen molar-refractivity contribution < 1.29 is 9.53 Å². The molecule has 23 heavy (non-hydrogen) atoms. The molecule has 1 saturated heterocycles. The van der Waals surface area contributed by atoms with Crippen molar-refractivity contribution in [2.24, 2.45) is 0 Å². The third-order valence-electron chi connectivity index (χ3n) is 4.06. The average molecular weight is 332 g/mol. The van der Waals surface area contributed by atoms with Crippen molar-refractivity contribution in [3.8, 4) is 0 Å². The number of ketones is 1. The molecular weight excluding hydrogens is 312 g/mol. The number of carbonyl (C=O) groups excluding carboxylic acids is 1. The summed E-state index contributed by atoms with van der Waals surface area (Å²) in [5, 5.41) is 12.4. The van der Waals surface area contributed by atoms with Crippen molar-refractivity contribution in [2.45, 2.75) is 44.5 Å². The van der Waals surface area contributed by atoms with Crippen molar-refractivity contribution in [3.63, 3.8) is 0 Å². The Labute approximate surface area is 139 Å². The van der Waals surface area contributed by atoms with Gasteiger partial charge in [0.05, 0.1) is 18.4 Å². The molecule has 6 nitrogen and oxygen atoms in total. The molecule has 1 fully saturated rings. The summed E-state index contributed by atoms with van der Waals surface area (Å²) < 4.78 is 7.34. The third kappa shape index (κ3) is 3.97. The molecule has 0 spiro atoms. The number of tetrazole rings is 1. The van der Waals surface area contributed by atoms with Gasteiger partial charge in [-0.05, 0) is 54.3 Å². The Balaban J connectivity index is 1.60. The lowest BCUT2D eigenvalue weighted by molar-refractivity contribution is 0.0912. The quantitative estimate of drug-likeness (QED) is 0.598. The van der Waals surface area contributed by atoms with Gasteiger partial charge in [-0.1, -0.05) is 23.9 Å². The van der Waals surface area contributed by atoms with Gasteiger partial charge in [-0.3, -0.25) is 4.79 Å². The van der Waals surface area contributed by atoms with Crippen molar-refractivity contribution in [2.75, 3.05) is 12.4 Å². The van der Waals surface area contributed by atoms with Crippen LogP contribution in [0.15, 0.2) is 23.4 Å². The summed E-state index contributed by atoms with van der Waals surface area (Å²) in [5.74, 6) is 0.416. The molecule has 7 heteroatoms. The number of thioether (sulfide) groups is 1. The molecule has 1 aliphatic heterocycles. The average Bonchev–Trinajstić information content (AvgIpc) is 3.20. The molecule has 0 radical (unpaired) electrons. The zero-order chi connectivity index (χ0) is 16.2. The van der Waals surface area contributed by atoms with Crippen LogP contribution in [0.1, 0.15) is 34.3 Å². The molecule has 1 aromatic heterocycles. The van der Waals surface area contributed by atoms with Crippen LogP contribution in [0.25, 0.3) is 0 Å². The highest BCUT2D eigenvalue weighted by Gasteiger charge is 2.19. The molecule has 0 saturated carbocycles. The summed E-state index contributed by atoms with van der Waals surface area (Å²) in [5.41, 5.74) is 3.05. The van der Waals surface area contributed by atoms with Crippen molar-refractivity contribution >= 4 is 17.5 Å². The van der Waals surface area contributed by atoms with Gasteiger partial charge in [0.1, 0.15) is 0 Å². The van der Waals surface area contributed by atoms with Crippen LogP contribution >= 0.6 is 11.8 Å². The predicted molar refractivity (Wildman–Crippen MR) is 87.8 cm³/mol. The number of nitrogens with zero attached hydrogens (tertiary/aromatic N) is 4. The molecule has 3 rings (SSSR count). The third-order valence-corrected chi connectivity index (χ3v) is 5.02. The normalized spacial score (nSPS) is 17.6. The highest BCUT2D eigenvalue weighted by atomic mass is 32.2. The van der Waals surface area contributed by atoms with E-state index in [9.17, 15) is 4.79 Å². The van der Waals surface area contributed by atoms with E-state index >= 15 is 0 Å². The summed E-state index contributed by atoms with van der Waals surface area (Å²) in [6.45, 7) is 5.51. The lowest BCUT2D eigenvalue weighted by atomic mass is 10.0. The Hall–Kier alpha value is -1.73. The Bertz CT molecular complexity index is 695. The largest absolute Gasteiger partial charge is 0.376 e. The molecule has 1 aliphatic rings. The molecule has 1 aromatic carbocycles. The summed E-state index contributed by atoms with van der Waals surface area (Å²) in [4.78, 5) is 12.3. The molecule has 122 valence electrons. The standard InChI is InChI=1S/C16H20N4O2S/c1-11-5-6-13(8-12(11)2)15(21)10-23-16-17-18-19-20(16)9-14-4-3-7-22-14/h5-6,8,14H,3-4,7,9-10H2,1-2H3. The van der Waals surface area contributed by atoms with Crippen LogP contribution in [0.2, 0.25) is 0 Å². The first-order valence-electron chi connectivity index (χ1n) is 7.74. The lowest BCUT2D eigenvalue weighted by Gasteiger charge is -2.10. The van der Waals surface area contributed by atoms with Crippen molar-refractivity contribution in [1.29, 1.82) is 0 Å². The SMILES string of the molecule is Cc1ccc(C(=O)CSc2nnnn2CC2CCCO2)cc1C. The van der Waals surface area contributed by atoms with Gasteiger partial charge in [0.15, 0.2) is 5.78 Å². The Kier molecular flexibility index (Phi) is 5.07. The molecule has 1 unspecified atom stereocenters. The van der Waals surface area contributed by atoms with Gasteiger partial charge in [0.2, 0.25) is 5.16 Å². The fourth-order valence-electron chi connectivity index (χ4n) is 2.52. The van der Waals surface area contributed by atoms with Crippen molar-refractivity contribution in [3.05, 3.63) is 34.9 Å². The number of benzene rings is 1. The minimum atomic E-state index is 0.0877. The molecule has 2 heterocycles. The van der Waals surface area contributed by atoms with Crippen LogP contribution < -0.4 is 0 Å². The van der Waals surface area contributed by atoms with Gasteiger partial charge in [-0.15, -0.1) is 5.10 Å². The smallest absolute Gasteiger partial charge is 0.209 e. The molecule has 1 atom stereocenters. The van der Waals surface area contributed by atoms with Crippen molar-refractivity contribution in [1.82, 2.24) is 20.2 Å². The summed E-state index contributed by atoms with van der Waals surface area (Å²) in [6, 6.07) is 5.79. The fourth-order valence-corrected chi connectivity index (χ4v) is 3.31. The van der Waals surface area contributed by atoms with Crippen LogP contribution in [0, 0.1) is 13.8 Å². The van der Waals surface area contributed by atoms with Gasteiger partial charge < -0.3 is 4.74 Å². The second kappa shape index (κ2) is 7.23. The monoisotopic (exact) mass is 332 g/mol. The van der Waals surface area contributed by atoms with E-state index in [-0.39, 0.29) is 11.9 Å². The number of aryl methyl sites for hydroxylation is 2. The molecular formula is C16H20N4O2S. The van der Waals surface area contributed by atoms with E-state index in [1.165, 1.54) is 17.3 Å². The Morgan fingerprint density at radius 1 is 1.39 bits per heavy atom. The van der Waals surface area contributed by atoms with Crippen LogP contribution in [0.4, 0.5) is 0 Å². The maximum absolute atomic E-state index is 12.3. The highest BCUT2D eigenvalue weighted by molar-refractivity contribution is 7.99. The minimum absolute atomic E-state index is 0.0877. The highest BCUT2D eigenvalue weighted by Crippen LogP contribution is 2.20. The minimum Gasteiger partial charge on any atom is -0.376 e. The van der Waals surface area contributed by atoms with Gasteiger partial charge in [0.25, 0.3) is 0 Å². The zero-order valence-electron chi connectivity index (χ0n) is 13.4. The number of rotatable bonds is 6. The molecule has 2 aromatic rings. The first kappa shape index (κ1) is 16.1. The van der Waals surface area contributed by atoms with E-state index in [1.54, 1.807) is 4.68 Å². The topological polar surface area (TPSA) is 69.9 Å². The van der Waals surface area contributed by atoms with Gasteiger partial charge in [0, 0.05) is 12.2 Å². The maximum Gasteiger partial charge on any atom is 0.209 e. The van der Waals surface area contributed by atoms with E-state index in [2.05, 4.69) is 15.5 Å². The van der Waals surface area contributed by atoms with Crippen LogP contribution in [-0.4, -0.2) is 44.5 Å². The van der Waals surface area contributed by atoms with Crippen LogP contribution in [0.3, 0.4) is 0 Å². The summed E-state index contributed by atoms with van der Waals surface area (Å²) in [7, 11) is 0. The summed E-state index contributed by atoms with van der Waals surface area (Å²) >= 11 is 1.37. The second-order valence-corrected chi connectivity index (χ2v) is 6.73.